The summed E-state index contributed by atoms with van der Waals surface area (Å²) < 4.78 is 37.7. The number of halogens is 3. The van der Waals surface area contributed by atoms with Gasteiger partial charge in [-0.3, -0.25) is 0 Å². The van der Waals surface area contributed by atoms with Crippen LogP contribution in [0.25, 0.3) is 0 Å². The first-order chi connectivity index (χ1) is 9.50. The molecule has 7 heteroatoms. The summed E-state index contributed by atoms with van der Waals surface area (Å²) in [4.78, 5) is 0. The Morgan fingerprint density at radius 3 is 2.75 bits per heavy atom. The lowest BCUT2D eigenvalue weighted by Gasteiger charge is -2.10. The number of alkyl halides is 3. The highest BCUT2D eigenvalue weighted by Crippen LogP contribution is 2.29. The van der Waals surface area contributed by atoms with E-state index in [0.717, 1.165) is 12.1 Å². The van der Waals surface area contributed by atoms with E-state index in [1.54, 1.807) is 6.07 Å². The summed E-state index contributed by atoms with van der Waals surface area (Å²) >= 11 is 0. The lowest BCUT2D eigenvalue weighted by molar-refractivity contribution is -0.137. The molecule has 0 fully saturated rings. The monoisotopic (exact) mass is 278 g/mol. The maximum absolute atomic E-state index is 12.6. The van der Waals surface area contributed by atoms with Crippen LogP contribution in [0.15, 0.2) is 36.5 Å². The second kappa shape index (κ2) is 5.57. The molecule has 0 aliphatic rings. The van der Waals surface area contributed by atoms with E-state index in [4.69, 9.17) is 5.26 Å². The third-order valence-electron chi connectivity index (χ3n) is 2.56. The fourth-order valence-electron chi connectivity index (χ4n) is 1.60. The normalized spacial score (nSPS) is 10.9. The number of hydrogen-bond acceptors (Lipinski definition) is 4. The minimum atomic E-state index is -4.37. The van der Waals surface area contributed by atoms with Crippen LogP contribution in [0, 0.1) is 11.3 Å². The van der Waals surface area contributed by atoms with E-state index in [1.807, 2.05) is 6.07 Å². The number of nitrogens with zero attached hydrogens (tertiary/aromatic N) is 3. The van der Waals surface area contributed by atoms with Crippen molar-refractivity contribution in [2.45, 2.75) is 12.7 Å². The highest BCUT2D eigenvalue weighted by molar-refractivity contribution is 5.50. The van der Waals surface area contributed by atoms with Crippen LogP contribution in [0.4, 0.5) is 19.0 Å². The highest BCUT2D eigenvalue weighted by Gasteiger charge is 2.30. The molecule has 0 bridgehead atoms. The van der Waals surface area contributed by atoms with Gasteiger partial charge in [0.15, 0.2) is 5.82 Å². The van der Waals surface area contributed by atoms with E-state index in [-0.39, 0.29) is 17.9 Å². The molecule has 0 aliphatic carbocycles. The van der Waals surface area contributed by atoms with Crippen LogP contribution in [0.3, 0.4) is 0 Å². The summed E-state index contributed by atoms with van der Waals surface area (Å²) in [6.07, 6.45) is -3.01. The highest BCUT2D eigenvalue weighted by atomic mass is 19.4. The van der Waals surface area contributed by atoms with Crippen molar-refractivity contribution in [2.75, 3.05) is 5.32 Å². The standard InChI is InChI=1S/C13H9F3N4/c14-13(15,16)11-3-1-2-9(6-11)8-18-12-10(7-17)4-5-19-20-12/h1-6H,8H2,(H,18,20). The number of anilines is 1. The van der Waals surface area contributed by atoms with E-state index in [9.17, 15) is 13.2 Å². The molecule has 0 aliphatic heterocycles. The van der Waals surface area contributed by atoms with E-state index >= 15 is 0 Å². The lowest BCUT2D eigenvalue weighted by Crippen LogP contribution is -2.08. The molecule has 102 valence electrons. The molecule has 0 amide bonds. The van der Waals surface area contributed by atoms with Gasteiger partial charge in [-0.05, 0) is 23.8 Å². The Morgan fingerprint density at radius 1 is 1.25 bits per heavy atom. The molecule has 20 heavy (non-hydrogen) atoms. The van der Waals surface area contributed by atoms with Crippen LogP contribution < -0.4 is 5.32 Å². The van der Waals surface area contributed by atoms with Crippen LogP contribution in [0.5, 0.6) is 0 Å². The van der Waals surface area contributed by atoms with Crippen LogP contribution in [-0.2, 0) is 12.7 Å². The molecule has 0 saturated heterocycles. The van der Waals surface area contributed by atoms with Gasteiger partial charge in [0.1, 0.15) is 6.07 Å². The molecular weight excluding hydrogens is 269 g/mol. The van der Waals surface area contributed by atoms with Crippen molar-refractivity contribution in [2.24, 2.45) is 0 Å². The number of nitriles is 1. The van der Waals surface area contributed by atoms with Crippen LogP contribution >= 0.6 is 0 Å². The molecule has 2 aromatic rings. The first kappa shape index (κ1) is 13.8. The number of nitrogens with one attached hydrogen (secondary N) is 1. The molecule has 2 rings (SSSR count). The largest absolute Gasteiger partial charge is 0.416 e. The van der Waals surface area contributed by atoms with Gasteiger partial charge in [-0.25, -0.2) is 0 Å². The average molecular weight is 278 g/mol. The Bertz CT molecular complexity index is 647. The molecule has 0 radical (unpaired) electrons. The van der Waals surface area contributed by atoms with Crippen LogP contribution in [0.2, 0.25) is 0 Å². The average Bonchev–Trinajstić information content (AvgIpc) is 2.45. The second-order valence-electron chi connectivity index (χ2n) is 3.96. The molecule has 1 heterocycles. The van der Waals surface area contributed by atoms with Crippen LogP contribution in [0.1, 0.15) is 16.7 Å². The van der Waals surface area contributed by atoms with Crippen molar-refractivity contribution in [3.63, 3.8) is 0 Å². The Balaban J connectivity index is 2.14. The van der Waals surface area contributed by atoms with E-state index in [0.29, 0.717) is 5.56 Å². The van der Waals surface area contributed by atoms with E-state index in [2.05, 4.69) is 15.5 Å². The quantitative estimate of drug-likeness (QED) is 0.937. The molecule has 1 aromatic heterocycles. The minimum Gasteiger partial charge on any atom is -0.363 e. The summed E-state index contributed by atoms with van der Waals surface area (Å²) in [5, 5.41) is 19.0. The van der Waals surface area contributed by atoms with Crippen molar-refractivity contribution in [3.8, 4) is 6.07 Å². The predicted molar refractivity (Wildman–Crippen MR) is 65.5 cm³/mol. The topological polar surface area (TPSA) is 61.6 Å². The Labute approximate surface area is 112 Å². The minimum absolute atomic E-state index is 0.122. The lowest BCUT2D eigenvalue weighted by atomic mass is 10.1. The van der Waals surface area contributed by atoms with Gasteiger partial charge in [-0.15, -0.1) is 5.10 Å². The zero-order valence-electron chi connectivity index (χ0n) is 10.1. The number of hydrogen-bond donors (Lipinski definition) is 1. The zero-order valence-corrected chi connectivity index (χ0v) is 10.1. The van der Waals surface area contributed by atoms with Crippen molar-refractivity contribution in [1.29, 1.82) is 5.26 Å². The number of rotatable bonds is 3. The second-order valence-corrected chi connectivity index (χ2v) is 3.96. The first-order valence-electron chi connectivity index (χ1n) is 5.62. The van der Waals surface area contributed by atoms with Crippen molar-refractivity contribution in [1.82, 2.24) is 10.2 Å². The summed E-state index contributed by atoms with van der Waals surface area (Å²) in [5.41, 5.74) is 0.0118. The van der Waals surface area contributed by atoms with E-state index < -0.39 is 11.7 Å². The third-order valence-corrected chi connectivity index (χ3v) is 2.56. The Morgan fingerprint density at radius 2 is 2.05 bits per heavy atom. The smallest absolute Gasteiger partial charge is 0.363 e. The van der Waals surface area contributed by atoms with Gasteiger partial charge < -0.3 is 5.32 Å². The zero-order chi connectivity index (χ0) is 14.6. The molecule has 0 atom stereocenters. The maximum Gasteiger partial charge on any atom is 0.416 e. The van der Waals surface area contributed by atoms with Gasteiger partial charge in [0, 0.05) is 6.54 Å². The molecular formula is C13H9F3N4. The Hall–Kier alpha value is -2.62. The van der Waals surface area contributed by atoms with Gasteiger partial charge in [-0.2, -0.15) is 23.5 Å². The molecule has 0 unspecified atom stereocenters. The molecule has 1 aromatic carbocycles. The first-order valence-corrected chi connectivity index (χ1v) is 5.62. The SMILES string of the molecule is N#Cc1ccnnc1NCc1cccc(C(F)(F)F)c1. The van der Waals surface area contributed by atoms with Gasteiger partial charge in [0.2, 0.25) is 0 Å². The molecule has 4 nitrogen and oxygen atoms in total. The summed E-state index contributed by atoms with van der Waals surface area (Å²) in [5.74, 6) is 0.243. The van der Waals surface area contributed by atoms with E-state index in [1.165, 1.54) is 18.3 Å². The number of benzene rings is 1. The molecule has 0 saturated carbocycles. The van der Waals surface area contributed by atoms with Crippen molar-refractivity contribution >= 4 is 5.82 Å². The maximum atomic E-state index is 12.6. The van der Waals surface area contributed by atoms with Gasteiger partial charge in [0.25, 0.3) is 0 Å². The predicted octanol–water partition coefficient (Wildman–Crippen LogP) is 2.98. The molecule has 0 spiro atoms. The summed E-state index contributed by atoms with van der Waals surface area (Å²) in [6.45, 7) is 0.122. The Kier molecular flexibility index (Phi) is 3.84. The van der Waals surface area contributed by atoms with Crippen LogP contribution in [-0.4, -0.2) is 10.2 Å². The third kappa shape index (κ3) is 3.23. The summed E-state index contributed by atoms with van der Waals surface area (Å²) in [7, 11) is 0. The van der Waals surface area contributed by atoms with Crippen molar-refractivity contribution < 1.29 is 13.2 Å². The van der Waals surface area contributed by atoms with Crippen molar-refractivity contribution in [3.05, 3.63) is 53.2 Å². The fraction of sp³-hybridized carbons (Fsp3) is 0.154. The molecule has 1 N–H and O–H groups in total. The van der Waals surface area contributed by atoms with Gasteiger partial charge in [0.05, 0.1) is 17.3 Å². The number of aromatic nitrogens is 2. The van der Waals surface area contributed by atoms with Gasteiger partial charge in [-0.1, -0.05) is 12.1 Å². The summed E-state index contributed by atoms with van der Waals surface area (Å²) in [6, 6.07) is 8.35. The van der Waals surface area contributed by atoms with Gasteiger partial charge >= 0.3 is 6.18 Å². The fourth-order valence-corrected chi connectivity index (χ4v) is 1.60.